The van der Waals surface area contributed by atoms with Gasteiger partial charge in [-0.15, -0.1) is 0 Å². The first-order valence-corrected chi connectivity index (χ1v) is 5.64. The first-order chi connectivity index (χ1) is 8.07. The molecular weight excluding hydrogens is 277 g/mol. The summed E-state index contributed by atoms with van der Waals surface area (Å²) in [5.41, 5.74) is 0.727. The molecule has 100 valence electrons. The lowest BCUT2D eigenvalue weighted by atomic mass is 10.3. The van der Waals surface area contributed by atoms with Crippen molar-refractivity contribution in [2.75, 3.05) is 0 Å². The van der Waals surface area contributed by atoms with E-state index in [0.29, 0.717) is 11.0 Å². The molecule has 0 bridgehead atoms. The maximum Gasteiger partial charge on any atom is 1.00 e. The Morgan fingerprint density at radius 2 is 1.83 bits per heavy atom. The molecule has 1 aromatic carbocycles. The predicted molar refractivity (Wildman–Crippen MR) is 54.5 cm³/mol. The number of halogens is 3. The van der Waals surface area contributed by atoms with Gasteiger partial charge in [-0.05, 0) is 12.1 Å². The van der Waals surface area contributed by atoms with Crippen LogP contribution in [0.4, 0.5) is 13.2 Å². The van der Waals surface area contributed by atoms with Crippen molar-refractivity contribution in [3.8, 4) is 0 Å². The molecule has 0 spiro atoms. The van der Waals surface area contributed by atoms with Gasteiger partial charge in [0, 0.05) is 0 Å². The molecule has 6 nitrogen and oxygen atoms in total. The van der Waals surface area contributed by atoms with E-state index in [9.17, 15) is 13.2 Å². The first kappa shape index (κ1) is 14.4. The standard InChI is InChI=1S/C8H5F3N2.H2O4S/c9-8(10,11)7-12-5-3-1-2-4-6(5)13-7;1-5(2,3)4/h1-4H,(H,12,13);(H2,1,2,3,4). The van der Waals surface area contributed by atoms with Crippen LogP contribution in [0.15, 0.2) is 24.3 Å². The minimum absolute atomic E-state index is 0. The molecule has 0 atom stereocenters. The number of aromatic nitrogens is 2. The third kappa shape index (κ3) is 4.69. The highest BCUT2D eigenvalue weighted by Gasteiger charge is 2.34. The molecule has 2 aromatic rings. The Balaban J connectivity index is 0.000000471. The van der Waals surface area contributed by atoms with Crippen LogP contribution in [0.5, 0.6) is 0 Å². The maximum absolute atomic E-state index is 12.1. The predicted octanol–water partition coefficient (Wildman–Crippen LogP) is 1.70. The topological polar surface area (TPSA) is 106 Å². The van der Waals surface area contributed by atoms with E-state index in [4.69, 9.17) is 17.5 Å². The van der Waals surface area contributed by atoms with Gasteiger partial charge in [-0.1, -0.05) is 12.1 Å². The lowest BCUT2D eigenvalue weighted by molar-refractivity contribution is -0.144. The molecule has 0 fully saturated rings. The molecule has 18 heavy (non-hydrogen) atoms. The van der Waals surface area contributed by atoms with Crippen LogP contribution < -0.4 is 0 Å². The zero-order chi connectivity index (χ0) is 14.0. The quantitative estimate of drug-likeness (QED) is 0.565. The molecule has 0 aliphatic rings. The average Bonchev–Trinajstić information content (AvgIpc) is 2.57. The van der Waals surface area contributed by atoms with Gasteiger partial charge in [-0.25, -0.2) is 13.4 Å². The average molecular weight is 284 g/mol. The monoisotopic (exact) mass is 284 g/mol. The number of nitrogens with zero attached hydrogens (tertiary/aromatic N) is 1. The Morgan fingerprint density at radius 1 is 1.33 bits per heavy atom. The lowest BCUT2D eigenvalue weighted by Gasteiger charge is -1.98. The van der Waals surface area contributed by atoms with Gasteiger partial charge < -0.3 is 9.54 Å². The summed E-state index contributed by atoms with van der Waals surface area (Å²) >= 11 is 0. The Labute approximate surface area is 101 Å². The van der Waals surface area contributed by atoms with Gasteiger partial charge in [0.1, 0.15) is 0 Å². The van der Waals surface area contributed by atoms with E-state index in [2.05, 4.69) is 9.97 Å². The number of hydrogen-bond donors (Lipinski definition) is 2. The van der Waals surface area contributed by atoms with Crippen LogP contribution in [0.3, 0.4) is 0 Å². The van der Waals surface area contributed by atoms with Crippen molar-refractivity contribution in [3.05, 3.63) is 30.1 Å². The van der Waals surface area contributed by atoms with Crippen molar-refractivity contribution in [2.45, 2.75) is 6.18 Å². The summed E-state index contributed by atoms with van der Waals surface area (Å²) in [7, 11) is -4.92. The molecule has 10 heteroatoms. The third-order valence-corrected chi connectivity index (χ3v) is 1.66. The summed E-state index contributed by atoms with van der Waals surface area (Å²) in [5.74, 6) is -0.950. The molecule has 0 aliphatic carbocycles. The maximum atomic E-state index is 12.1. The van der Waals surface area contributed by atoms with Gasteiger partial charge in [-0.3, -0.25) is 4.55 Å². The highest BCUT2D eigenvalue weighted by Crippen LogP contribution is 2.28. The number of fused-ring (bicyclic) bond motifs is 1. The zero-order valence-electron chi connectivity index (χ0n) is 9.47. The number of aromatic amines is 1. The third-order valence-electron chi connectivity index (χ3n) is 1.66. The van der Waals surface area contributed by atoms with Crippen molar-refractivity contribution in [1.29, 1.82) is 0 Å². The zero-order valence-corrected chi connectivity index (χ0v) is 9.29. The number of hydrogen-bond acceptors (Lipinski definition) is 4. The van der Waals surface area contributed by atoms with Crippen molar-refractivity contribution < 1.29 is 32.1 Å². The van der Waals surface area contributed by atoms with Crippen LogP contribution in [0.2, 0.25) is 0 Å². The van der Waals surface area contributed by atoms with E-state index in [-0.39, 0.29) is 1.43 Å². The number of alkyl halides is 3. The van der Waals surface area contributed by atoms with E-state index in [1.807, 2.05) is 0 Å². The highest BCUT2D eigenvalue weighted by atomic mass is 32.3. The summed E-state index contributed by atoms with van der Waals surface area (Å²) in [4.78, 5) is 5.60. The van der Waals surface area contributed by atoms with Crippen LogP contribution in [0.1, 0.15) is 7.25 Å². The van der Waals surface area contributed by atoms with Crippen molar-refractivity contribution in [3.63, 3.8) is 0 Å². The number of benzene rings is 1. The Morgan fingerprint density at radius 3 is 2.28 bits per heavy atom. The molecule has 1 aromatic heterocycles. The van der Waals surface area contributed by atoms with Gasteiger partial charge in [0.2, 0.25) is 16.2 Å². The Hall–Kier alpha value is -1.65. The van der Waals surface area contributed by atoms with Gasteiger partial charge in [-0.2, -0.15) is 13.2 Å². The van der Waals surface area contributed by atoms with Crippen LogP contribution in [-0.4, -0.2) is 27.5 Å². The van der Waals surface area contributed by atoms with Crippen LogP contribution in [0, 0.1) is 0 Å². The molecular formula is C8H7F3N2O4S. The summed E-state index contributed by atoms with van der Waals surface area (Å²) in [6.07, 6.45) is -4.40. The van der Waals surface area contributed by atoms with Crippen LogP contribution in [0.25, 0.3) is 11.0 Å². The van der Waals surface area contributed by atoms with Gasteiger partial charge in [0.05, 0.1) is 11.0 Å². The van der Waals surface area contributed by atoms with E-state index < -0.39 is 22.4 Å². The molecule has 0 radical (unpaired) electrons. The second kappa shape index (κ2) is 4.92. The number of H-pyrrole nitrogens is 1. The molecule has 0 saturated heterocycles. The fourth-order valence-corrected chi connectivity index (χ4v) is 1.09. The summed E-state index contributed by atoms with van der Waals surface area (Å²) in [5, 5.41) is 0. The first-order valence-electron chi connectivity index (χ1n) is 4.27. The van der Waals surface area contributed by atoms with E-state index in [1.54, 1.807) is 18.2 Å². The van der Waals surface area contributed by atoms with Crippen molar-refractivity contribution in [1.82, 2.24) is 9.97 Å². The summed E-state index contributed by atoms with van der Waals surface area (Å²) in [6.45, 7) is 0. The molecule has 0 unspecified atom stereocenters. The molecule has 2 N–H and O–H groups in total. The minimum atomic E-state index is -4.92. The number of imidazole rings is 1. The molecule has 2 rings (SSSR count). The second-order valence-electron chi connectivity index (χ2n) is 3.03. The van der Waals surface area contributed by atoms with Gasteiger partial charge >= 0.3 is 7.60 Å². The molecule has 1 heterocycles. The second-order valence-corrected chi connectivity index (χ2v) is 3.88. The summed E-state index contributed by atoms with van der Waals surface area (Å²) < 4.78 is 69.2. The summed E-state index contributed by atoms with van der Waals surface area (Å²) in [6, 6.07) is 6.38. The molecule has 0 saturated carbocycles. The normalized spacial score (nSPS) is 12.1. The Bertz CT molecular complexity index is 600. The van der Waals surface area contributed by atoms with Gasteiger partial charge in [0.15, 0.2) is 0 Å². The van der Waals surface area contributed by atoms with Crippen LogP contribution >= 0.6 is 0 Å². The van der Waals surface area contributed by atoms with Crippen molar-refractivity contribution >= 4 is 21.4 Å². The minimum Gasteiger partial charge on any atom is -0.726 e. The van der Waals surface area contributed by atoms with Gasteiger partial charge in [0.25, 0.3) is 0 Å². The highest BCUT2D eigenvalue weighted by molar-refractivity contribution is 7.79. The van der Waals surface area contributed by atoms with Crippen LogP contribution in [-0.2, 0) is 16.6 Å². The van der Waals surface area contributed by atoms with Crippen molar-refractivity contribution in [2.24, 2.45) is 0 Å². The lowest BCUT2D eigenvalue weighted by Crippen LogP contribution is -2.06. The van der Waals surface area contributed by atoms with E-state index in [0.717, 1.165) is 0 Å². The fraction of sp³-hybridized carbons (Fsp3) is 0.125. The molecule has 0 aliphatic heterocycles. The SMILES string of the molecule is FC(F)(F)c1nc2ccccc2[nH]1.O=S(=O)([O-])O.[H+]. The number of nitrogens with one attached hydrogen (secondary N) is 1. The largest absolute Gasteiger partial charge is 1.00 e. The molecule has 0 amide bonds. The smallest absolute Gasteiger partial charge is 0.726 e. The van der Waals surface area contributed by atoms with E-state index >= 15 is 0 Å². The van der Waals surface area contributed by atoms with E-state index in [1.165, 1.54) is 6.07 Å². The fourth-order valence-electron chi connectivity index (χ4n) is 1.09. The number of rotatable bonds is 0. The number of para-hydroxylation sites is 2. The Kier molecular flexibility index (Phi) is 3.94.